The van der Waals surface area contributed by atoms with E-state index in [2.05, 4.69) is 4.72 Å². The molecule has 0 amide bonds. The van der Waals surface area contributed by atoms with E-state index >= 15 is 0 Å². The van der Waals surface area contributed by atoms with Crippen LogP contribution in [0.5, 0.6) is 0 Å². The molecule has 0 aliphatic rings. The summed E-state index contributed by atoms with van der Waals surface area (Å²) >= 11 is 0. The minimum absolute atomic E-state index is 0.0325. The van der Waals surface area contributed by atoms with Crippen LogP contribution in [0.25, 0.3) is 0 Å². The molecular weight excluding hydrogens is 362 g/mol. The molecule has 0 heterocycles. The van der Waals surface area contributed by atoms with Crippen LogP contribution in [0.4, 0.5) is 0 Å². The van der Waals surface area contributed by atoms with E-state index in [0.29, 0.717) is 18.5 Å². The molecule has 0 fully saturated rings. The summed E-state index contributed by atoms with van der Waals surface area (Å²) < 4.78 is 52.4. The highest BCUT2D eigenvalue weighted by atomic mass is 32.2. The second-order valence-corrected chi connectivity index (χ2v) is 10.2. The highest BCUT2D eigenvalue weighted by molar-refractivity contribution is 7.89. The molecule has 0 saturated heterocycles. The van der Waals surface area contributed by atoms with Crippen LogP contribution < -0.4 is 4.72 Å². The Labute approximate surface area is 152 Å². The molecule has 0 radical (unpaired) electrons. The molecule has 1 rings (SSSR count). The SMILES string of the molecule is Cc1ccc(C)c(S(=O)(=O)NCCN(CCCN(C)C)S(C)(=O)=O)c1. The molecule has 0 unspecified atom stereocenters. The molecule has 1 N–H and O–H groups in total. The van der Waals surface area contributed by atoms with Crippen molar-refractivity contribution in [3.8, 4) is 0 Å². The number of nitrogens with one attached hydrogen (secondary N) is 1. The summed E-state index contributed by atoms with van der Waals surface area (Å²) in [5.41, 5.74) is 1.51. The van der Waals surface area contributed by atoms with Gasteiger partial charge >= 0.3 is 0 Å². The van der Waals surface area contributed by atoms with Crippen molar-refractivity contribution in [2.24, 2.45) is 0 Å². The molecule has 0 atom stereocenters. The maximum Gasteiger partial charge on any atom is 0.240 e. The maximum absolute atomic E-state index is 12.5. The van der Waals surface area contributed by atoms with Crippen molar-refractivity contribution in [1.29, 1.82) is 0 Å². The third-order valence-electron chi connectivity index (χ3n) is 3.77. The molecule has 0 bridgehead atoms. The van der Waals surface area contributed by atoms with Crippen molar-refractivity contribution in [1.82, 2.24) is 13.9 Å². The first kappa shape index (κ1) is 22.0. The fourth-order valence-electron chi connectivity index (χ4n) is 2.39. The van der Waals surface area contributed by atoms with Crippen molar-refractivity contribution in [2.45, 2.75) is 25.2 Å². The zero-order chi connectivity index (χ0) is 19.3. The van der Waals surface area contributed by atoms with Crippen LogP contribution in [0.3, 0.4) is 0 Å². The summed E-state index contributed by atoms with van der Waals surface area (Å²) in [5.74, 6) is 0. The fraction of sp³-hybridized carbons (Fsp3) is 0.625. The molecule has 0 aromatic heterocycles. The van der Waals surface area contributed by atoms with Gasteiger partial charge in [-0.1, -0.05) is 12.1 Å². The second-order valence-electron chi connectivity index (χ2n) is 6.49. The van der Waals surface area contributed by atoms with Gasteiger partial charge in [0, 0.05) is 19.6 Å². The van der Waals surface area contributed by atoms with E-state index in [1.54, 1.807) is 19.1 Å². The first-order valence-corrected chi connectivity index (χ1v) is 11.4. The number of hydrogen-bond acceptors (Lipinski definition) is 5. The number of nitrogens with zero attached hydrogens (tertiary/aromatic N) is 2. The van der Waals surface area contributed by atoms with Crippen LogP contribution >= 0.6 is 0 Å². The van der Waals surface area contributed by atoms with Crippen molar-refractivity contribution >= 4 is 20.0 Å². The second kappa shape index (κ2) is 9.09. The van der Waals surface area contributed by atoms with Crippen LogP contribution in [0.15, 0.2) is 23.1 Å². The van der Waals surface area contributed by atoms with Gasteiger partial charge in [-0.3, -0.25) is 0 Å². The Morgan fingerprint density at radius 3 is 2.20 bits per heavy atom. The predicted molar refractivity (Wildman–Crippen MR) is 101 cm³/mol. The van der Waals surface area contributed by atoms with Crippen LogP contribution in [0.2, 0.25) is 0 Å². The van der Waals surface area contributed by atoms with Crippen molar-refractivity contribution in [3.63, 3.8) is 0 Å². The Kier molecular flexibility index (Phi) is 8.01. The molecule has 7 nitrogen and oxygen atoms in total. The first-order valence-electron chi connectivity index (χ1n) is 8.10. The normalized spacial score (nSPS) is 12.9. The third-order valence-corrected chi connectivity index (χ3v) is 6.67. The van der Waals surface area contributed by atoms with E-state index in [9.17, 15) is 16.8 Å². The first-order chi connectivity index (χ1) is 11.4. The van der Waals surface area contributed by atoms with Crippen LogP contribution in [-0.4, -0.2) is 72.6 Å². The van der Waals surface area contributed by atoms with Gasteiger partial charge < -0.3 is 4.90 Å². The van der Waals surface area contributed by atoms with E-state index in [0.717, 1.165) is 18.4 Å². The Morgan fingerprint density at radius 2 is 1.64 bits per heavy atom. The van der Waals surface area contributed by atoms with Gasteiger partial charge in [0.2, 0.25) is 20.0 Å². The van der Waals surface area contributed by atoms with Gasteiger partial charge in [0.25, 0.3) is 0 Å². The van der Waals surface area contributed by atoms with Crippen molar-refractivity contribution in [3.05, 3.63) is 29.3 Å². The van der Waals surface area contributed by atoms with Crippen LogP contribution in [-0.2, 0) is 20.0 Å². The maximum atomic E-state index is 12.5. The van der Waals surface area contributed by atoms with E-state index in [1.807, 2.05) is 32.0 Å². The summed E-state index contributed by atoms with van der Waals surface area (Å²) in [4.78, 5) is 2.20. The number of benzene rings is 1. The van der Waals surface area contributed by atoms with Gasteiger partial charge in [-0.05, 0) is 58.1 Å². The average molecular weight is 392 g/mol. The smallest absolute Gasteiger partial charge is 0.240 e. The van der Waals surface area contributed by atoms with Crippen LogP contribution in [0.1, 0.15) is 17.5 Å². The zero-order valence-corrected chi connectivity index (χ0v) is 17.2. The average Bonchev–Trinajstić information content (AvgIpc) is 2.46. The summed E-state index contributed by atoms with van der Waals surface area (Å²) in [7, 11) is -3.21. The number of rotatable bonds is 10. The van der Waals surface area contributed by atoms with Gasteiger partial charge in [0.1, 0.15) is 0 Å². The summed E-state index contributed by atoms with van der Waals surface area (Å²) in [5, 5.41) is 0. The predicted octanol–water partition coefficient (Wildman–Crippen LogP) is 0.795. The standard InChI is InChI=1S/C16H29N3O4S2/c1-14-7-8-15(2)16(13-14)25(22,23)17-9-12-19(24(5,20)21)11-6-10-18(3)4/h7-8,13,17H,6,9-12H2,1-5H3. The van der Waals surface area contributed by atoms with Gasteiger partial charge in [-0.15, -0.1) is 0 Å². The Balaban J connectivity index is 2.72. The quantitative estimate of drug-likeness (QED) is 0.637. The monoisotopic (exact) mass is 391 g/mol. The van der Waals surface area contributed by atoms with Gasteiger partial charge in [-0.25, -0.2) is 25.9 Å². The number of hydrogen-bond donors (Lipinski definition) is 1. The molecular formula is C16H29N3O4S2. The van der Waals surface area contributed by atoms with Crippen molar-refractivity contribution in [2.75, 3.05) is 46.5 Å². The van der Waals surface area contributed by atoms with Crippen LogP contribution in [0, 0.1) is 13.8 Å². The fourth-order valence-corrected chi connectivity index (χ4v) is 4.62. The summed E-state index contributed by atoms with van der Waals surface area (Å²) in [6, 6.07) is 5.22. The Morgan fingerprint density at radius 1 is 1.00 bits per heavy atom. The molecule has 1 aromatic rings. The lowest BCUT2D eigenvalue weighted by Crippen LogP contribution is -2.39. The highest BCUT2D eigenvalue weighted by Crippen LogP contribution is 2.16. The molecule has 1 aromatic carbocycles. The molecule has 25 heavy (non-hydrogen) atoms. The topological polar surface area (TPSA) is 86.8 Å². The van der Waals surface area contributed by atoms with Gasteiger partial charge in [0.05, 0.1) is 11.2 Å². The summed E-state index contributed by atoms with van der Waals surface area (Å²) in [6.45, 7) is 4.83. The largest absolute Gasteiger partial charge is 0.309 e. The molecule has 0 saturated carbocycles. The third kappa shape index (κ3) is 7.41. The lowest BCUT2D eigenvalue weighted by Gasteiger charge is -2.21. The lowest BCUT2D eigenvalue weighted by molar-refractivity contribution is 0.352. The van der Waals surface area contributed by atoms with Gasteiger partial charge in [-0.2, -0.15) is 0 Å². The Hall–Kier alpha value is -1.00. The zero-order valence-electron chi connectivity index (χ0n) is 15.6. The molecule has 144 valence electrons. The minimum Gasteiger partial charge on any atom is -0.309 e. The minimum atomic E-state index is -3.67. The summed E-state index contributed by atoms with van der Waals surface area (Å²) in [6.07, 6.45) is 1.83. The van der Waals surface area contributed by atoms with E-state index < -0.39 is 20.0 Å². The molecule has 0 spiro atoms. The van der Waals surface area contributed by atoms with Gasteiger partial charge in [0.15, 0.2) is 0 Å². The number of aryl methyl sites for hydroxylation is 2. The van der Waals surface area contributed by atoms with E-state index in [1.165, 1.54) is 4.31 Å². The van der Waals surface area contributed by atoms with E-state index in [4.69, 9.17) is 0 Å². The number of sulfonamides is 2. The highest BCUT2D eigenvalue weighted by Gasteiger charge is 2.20. The molecule has 0 aliphatic heterocycles. The van der Waals surface area contributed by atoms with Crippen molar-refractivity contribution < 1.29 is 16.8 Å². The lowest BCUT2D eigenvalue weighted by atomic mass is 10.2. The Bertz CT molecular complexity index is 775. The van der Waals surface area contributed by atoms with E-state index in [-0.39, 0.29) is 18.0 Å². The molecule has 0 aliphatic carbocycles. The molecule has 9 heteroatoms.